The van der Waals surface area contributed by atoms with E-state index in [4.69, 9.17) is 10.7 Å². The number of aromatic nitrogens is 2. The van der Waals surface area contributed by atoms with Gasteiger partial charge in [0.1, 0.15) is 5.82 Å². The van der Waals surface area contributed by atoms with Crippen molar-refractivity contribution < 1.29 is 0 Å². The Kier molecular flexibility index (Phi) is 3.23. The van der Waals surface area contributed by atoms with Crippen molar-refractivity contribution in [3.8, 4) is 0 Å². The maximum absolute atomic E-state index is 12.8. The first-order valence-electron chi connectivity index (χ1n) is 7.78. The van der Waals surface area contributed by atoms with Crippen LogP contribution >= 0.6 is 0 Å². The van der Waals surface area contributed by atoms with E-state index in [1.807, 2.05) is 24.3 Å². The Morgan fingerprint density at radius 1 is 1.13 bits per heavy atom. The molecule has 114 valence electrons. The molecule has 4 heteroatoms. The van der Waals surface area contributed by atoms with Gasteiger partial charge in [0.2, 0.25) is 0 Å². The van der Waals surface area contributed by atoms with Crippen molar-refractivity contribution in [1.29, 1.82) is 0 Å². The third kappa shape index (κ3) is 2.42. The summed E-state index contributed by atoms with van der Waals surface area (Å²) in [5, 5.41) is 0.592. The van der Waals surface area contributed by atoms with Crippen molar-refractivity contribution in [2.45, 2.75) is 19.4 Å². The summed E-state index contributed by atoms with van der Waals surface area (Å²) in [7, 11) is 0. The number of allylic oxidation sites excluding steroid dienone is 1. The highest BCUT2D eigenvalue weighted by Gasteiger charge is 2.18. The number of anilines is 1. The van der Waals surface area contributed by atoms with Crippen molar-refractivity contribution in [3.63, 3.8) is 0 Å². The van der Waals surface area contributed by atoms with Crippen LogP contribution in [0.5, 0.6) is 0 Å². The zero-order valence-corrected chi connectivity index (χ0v) is 12.7. The van der Waals surface area contributed by atoms with Crippen LogP contribution in [0.3, 0.4) is 0 Å². The Morgan fingerprint density at radius 3 is 2.78 bits per heavy atom. The second kappa shape index (κ2) is 5.39. The van der Waals surface area contributed by atoms with Gasteiger partial charge in [0, 0.05) is 12.2 Å². The molecule has 1 aliphatic rings. The van der Waals surface area contributed by atoms with Gasteiger partial charge in [-0.25, -0.2) is 4.98 Å². The SMILES string of the molecule is Nc1ccc2nc3n(c(=O)c2c1)CCCC3=Cc1ccccc1. The number of rotatable bonds is 1. The smallest absolute Gasteiger partial charge is 0.261 e. The van der Waals surface area contributed by atoms with Gasteiger partial charge < -0.3 is 5.73 Å². The van der Waals surface area contributed by atoms with E-state index in [9.17, 15) is 4.79 Å². The second-order valence-corrected chi connectivity index (χ2v) is 5.85. The van der Waals surface area contributed by atoms with Crippen molar-refractivity contribution in [2.24, 2.45) is 0 Å². The normalized spacial score (nSPS) is 15.7. The van der Waals surface area contributed by atoms with E-state index in [0.717, 1.165) is 29.8 Å². The quantitative estimate of drug-likeness (QED) is 0.702. The fraction of sp³-hybridized carbons (Fsp3) is 0.158. The van der Waals surface area contributed by atoms with Gasteiger partial charge in [-0.05, 0) is 48.3 Å². The van der Waals surface area contributed by atoms with Gasteiger partial charge in [0.25, 0.3) is 5.56 Å². The predicted molar refractivity (Wildman–Crippen MR) is 94.0 cm³/mol. The zero-order chi connectivity index (χ0) is 15.8. The van der Waals surface area contributed by atoms with E-state index in [1.165, 1.54) is 0 Å². The van der Waals surface area contributed by atoms with Gasteiger partial charge in [0.05, 0.1) is 10.9 Å². The summed E-state index contributed by atoms with van der Waals surface area (Å²) in [4.78, 5) is 17.5. The summed E-state index contributed by atoms with van der Waals surface area (Å²) >= 11 is 0. The molecule has 2 heterocycles. The van der Waals surface area contributed by atoms with Gasteiger partial charge in [-0.3, -0.25) is 9.36 Å². The van der Waals surface area contributed by atoms with Crippen LogP contribution in [0.25, 0.3) is 22.6 Å². The van der Waals surface area contributed by atoms with Crippen LogP contribution in [0.2, 0.25) is 0 Å². The highest BCUT2D eigenvalue weighted by atomic mass is 16.1. The van der Waals surface area contributed by atoms with Gasteiger partial charge in [-0.1, -0.05) is 30.3 Å². The average molecular weight is 303 g/mol. The first-order valence-corrected chi connectivity index (χ1v) is 7.78. The Hall–Kier alpha value is -2.88. The van der Waals surface area contributed by atoms with Gasteiger partial charge in [-0.15, -0.1) is 0 Å². The molecule has 0 amide bonds. The molecule has 23 heavy (non-hydrogen) atoms. The molecule has 1 aromatic heterocycles. The third-order valence-corrected chi connectivity index (χ3v) is 4.23. The molecule has 4 nitrogen and oxygen atoms in total. The molecule has 4 rings (SSSR count). The topological polar surface area (TPSA) is 60.9 Å². The molecule has 0 fully saturated rings. The molecule has 0 bridgehead atoms. The molecule has 0 saturated carbocycles. The minimum Gasteiger partial charge on any atom is -0.399 e. The number of hydrogen-bond acceptors (Lipinski definition) is 3. The molecule has 1 aliphatic heterocycles. The highest BCUT2D eigenvalue weighted by molar-refractivity contribution is 5.85. The Bertz CT molecular complexity index is 971. The molecule has 0 saturated heterocycles. The van der Waals surface area contributed by atoms with Crippen molar-refractivity contribution in [3.05, 3.63) is 70.3 Å². The number of nitrogens with two attached hydrogens (primary N) is 1. The maximum Gasteiger partial charge on any atom is 0.261 e. The van der Waals surface area contributed by atoms with Crippen molar-refractivity contribution in [1.82, 2.24) is 9.55 Å². The molecule has 2 aromatic carbocycles. The van der Waals surface area contributed by atoms with Crippen LogP contribution in [0.1, 0.15) is 24.2 Å². The molecule has 0 unspecified atom stereocenters. The van der Waals surface area contributed by atoms with Crippen molar-refractivity contribution >= 4 is 28.2 Å². The number of nitrogens with zero attached hydrogens (tertiary/aromatic N) is 2. The summed E-state index contributed by atoms with van der Waals surface area (Å²) in [5.41, 5.74) is 9.34. The van der Waals surface area contributed by atoms with E-state index in [2.05, 4.69) is 18.2 Å². The fourth-order valence-corrected chi connectivity index (χ4v) is 3.12. The first-order chi connectivity index (χ1) is 11.2. The minimum absolute atomic E-state index is 0.00374. The number of benzene rings is 2. The van der Waals surface area contributed by atoms with Gasteiger partial charge >= 0.3 is 0 Å². The lowest BCUT2D eigenvalue weighted by molar-refractivity contribution is 0.587. The summed E-state index contributed by atoms with van der Waals surface area (Å²) < 4.78 is 1.78. The lowest BCUT2D eigenvalue weighted by Crippen LogP contribution is -2.27. The largest absolute Gasteiger partial charge is 0.399 e. The molecule has 0 aliphatic carbocycles. The molecule has 2 N–H and O–H groups in total. The highest BCUT2D eigenvalue weighted by Crippen LogP contribution is 2.27. The molecular formula is C19H17N3O. The van der Waals surface area contributed by atoms with E-state index in [-0.39, 0.29) is 5.56 Å². The Balaban J connectivity index is 1.95. The molecule has 0 spiro atoms. The summed E-state index contributed by atoms with van der Waals surface area (Å²) in [6, 6.07) is 15.5. The van der Waals surface area contributed by atoms with Crippen LogP contribution in [0, 0.1) is 0 Å². The standard InChI is InChI=1S/C19H17N3O/c20-15-8-9-17-16(12-15)19(23)22-10-4-7-14(18(22)21-17)11-13-5-2-1-3-6-13/h1-3,5-6,8-9,11-12H,4,7,10,20H2. The number of hydrogen-bond donors (Lipinski definition) is 1. The monoisotopic (exact) mass is 303 g/mol. The summed E-state index contributed by atoms with van der Waals surface area (Å²) in [6.45, 7) is 0.706. The van der Waals surface area contributed by atoms with Crippen LogP contribution in [-0.4, -0.2) is 9.55 Å². The van der Waals surface area contributed by atoms with E-state index in [0.29, 0.717) is 23.1 Å². The Labute approximate surface area is 133 Å². The van der Waals surface area contributed by atoms with E-state index < -0.39 is 0 Å². The van der Waals surface area contributed by atoms with Gasteiger partial charge in [0.15, 0.2) is 0 Å². The van der Waals surface area contributed by atoms with E-state index >= 15 is 0 Å². The number of nitrogen functional groups attached to an aromatic ring is 1. The minimum atomic E-state index is -0.00374. The van der Waals surface area contributed by atoms with Crippen LogP contribution in [0.15, 0.2) is 53.3 Å². The molecule has 0 radical (unpaired) electrons. The molecular weight excluding hydrogens is 286 g/mol. The van der Waals surface area contributed by atoms with Gasteiger partial charge in [-0.2, -0.15) is 0 Å². The van der Waals surface area contributed by atoms with Crippen LogP contribution < -0.4 is 11.3 Å². The van der Waals surface area contributed by atoms with E-state index in [1.54, 1.807) is 16.7 Å². The molecule has 3 aromatic rings. The number of fused-ring (bicyclic) bond motifs is 2. The third-order valence-electron chi connectivity index (χ3n) is 4.23. The Morgan fingerprint density at radius 2 is 1.96 bits per heavy atom. The zero-order valence-electron chi connectivity index (χ0n) is 12.7. The van der Waals surface area contributed by atoms with Crippen molar-refractivity contribution in [2.75, 3.05) is 5.73 Å². The average Bonchev–Trinajstić information content (AvgIpc) is 2.57. The van der Waals surface area contributed by atoms with Crippen LogP contribution in [-0.2, 0) is 6.54 Å². The maximum atomic E-state index is 12.8. The lowest BCUT2D eigenvalue weighted by atomic mass is 10.0. The van der Waals surface area contributed by atoms with Crippen LogP contribution in [0.4, 0.5) is 5.69 Å². The fourth-order valence-electron chi connectivity index (χ4n) is 3.12. The second-order valence-electron chi connectivity index (χ2n) is 5.85. The summed E-state index contributed by atoms with van der Waals surface area (Å²) in [6.07, 6.45) is 4.00. The molecule has 0 atom stereocenters. The predicted octanol–water partition coefficient (Wildman–Crippen LogP) is 3.31. The lowest BCUT2D eigenvalue weighted by Gasteiger charge is -2.21. The first kappa shape index (κ1) is 13.8. The summed E-state index contributed by atoms with van der Waals surface area (Å²) in [5.74, 6) is 0.780.